The van der Waals surface area contributed by atoms with E-state index < -0.39 is 15.8 Å². The number of amides is 1. The second kappa shape index (κ2) is 7.11. The molecule has 4 nitrogen and oxygen atoms in total. The molecular formula is C7H15NO3SSi. The summed E-state index contributed by atoms with van der Waals surface area (Å²) >= 11 is 1.62. The van der Waals surface area contributed by atoms with Gasteiger partial charge in [-0.05, 0) is 18.4 Å². The van der Waals surface area contributed by atoms with Crippen molar-refractivity contribution in [2.24, 2.45) is 0 Å². The maximum Gasteiger partial charge on any atom is 0.232 e. The first-order chi connectivity index (χ1) is 6.11. The number of hydrogen-bond acceptors (Lipinski definition) is 4. The van der Waals surface area contributed by atoms with Crippen LogP contribution in [0.5, 0.6) is 0 Å². The Morgan fingerprint density at radius 2 is 2.23 bits per heavy atom. The molecule has 1 amide bonds. The maximum absolute atomic E-state index is 11.1. The molecule has 0 radical (unpaired) electrons. The Hall–Kier alpha value is -0.333. The van der Waals surface area contributed by atoms with Crippen LogP contribution in [0.1, 0.15) is 13.3 Å². The molecule has 2 N–H and O–H groups in total. The minimum Gasteiger partial charge on any atom is -0.430 e. The third kappa shape index (κ3) is 5.84. The van der Waals surface area contributed by atoms with Gasteiger partial charge in [0.25, 0.3) is 0 Å². The lowest BCUT2D eigenvalue weighted by molar-refractivity contribution is -0.123. The lowest BCUT2D eigenvalue weighted by Crippen LogP contribution is -2.42. The molecule has 0 aliphatic carbocycles. The van der Waals surface area contributed by atoms with Gasteiger partial charge in [0.05, 0.1) is 6.04 Å². The van der Waals surface area contributed by atoms with Gasteiger partial charge < -0.3 is 14.9 Å². The summed E-state index contributed by atoms with van der Waals surface area (Å²) in [6, 6.07) is -0.471. The predicted molar refractivity (Wildman–Crippen MR) is 56.4 cm³/mol. The van der Waals surface area contributed by atoms with Crippen LogP contribution in [0.25, 0.3) is 0 Å². The number of carbonyl (C=O) groups is 2. The number of carbonyl (C=O) groups excluding carboxylic acids is 2. The van der Waals surface area contributed by atoms with E-state index in [0.717, 1.165) is 5.75 Å². The molecule has 0 aromatic rings. The second-order valence-electron chi connectivity index (χ2n) is 2.66. The van der Waals surface area contributed by atoms with Crippen LogP contribution in [-0.4, -0.2) is 43.9 Å². The van der Waals surface area contributed by atoms with Crippen LogP contribution in [0, 0.1) is 0 Å². The van der Waals surface area contributed by atoms with Crippen molar-refractivity contribution in [3.8, 4) is 0 Å². The number of rotatable bonds is 6. The molecule has 0 spiro atoms. The molecule has 0 aromatic heterocycles. The Kier molecular flexibility index (Phi) is 6.92. The van der Waals surface area contributed by atoms with Gasteiger partial charge in [-0.1, -0.05) is 0 Å². The zero-order chi connectivity index (χ0) is 10.3. The summed E-state index contributed by atoms with van der Waals surface area (Å²) in [6.07, 6.45) is 2.54. The first kappa shape index (κ1) is 12.7. The zero-order valence-corrected chi connectivity index (χ0v) is 10.1. The van der Waals surface area contributed by atoms with Crippen molar-refractivity contribution in [3.63, 3.8) is 0 Å². The third-order valence-corrected chi connectivity index (χ3v) is 2.98. The van der Waals surface area contributed by atoms with Gasteiger partial charge in [0.2, 0.25) is 15.7 Å². The van der Waals surface area contributed by atoms with Crippen molar-refractivity contribution in [2.75, 3.05) is 12.0 Å². The molecule has 0 fully saturated rings. The van der Waals surface area contributed by atoms with Crippen LogP contribution in [-0.2, 0) is 9.59 Å². The predicted octanol–water partition coefficient (Wildman–Crippen LogP) is -1.15. The van der Waals surface area contributed by atoms with Crippen LogP contribution in [0.3, 0.4) is 0 Å². The van der Waals surface area contributed by atoms with Crippen molar-refractivity contribution in [1.82, 2.24) is 5.32 Å². The van der Waals surface area contributed by atoms with E-state index in [2.05, 4.69) is 5.32 Å². The van der Waals surface area contributed by atoms with Crippen LogP contribution in [0.4, 0.5) is 0 Å². The Morgan fingerprint density at radius 3 is 2.62 bits per heavy atom. The average Bonchev–Trinajstić information content (AvgIpc) is 2.10. The highest BCUT2D eigenvalue weighted by molar-refractivity contribution is 7.98. The summed E-state index contributed by atoms with van der Waals surface area (Å²) in [6.45, 7) is 1.37. The molecule has 0 bridgehead atoms. The topological polar surface area (TPSA) is 66.4 Å². The number of nitrogens with one attached hydrogen (secondary N) is 1. The molecule has 13 heavy (non-hydrogen) atoms. The van der Waals surface area contributed by atoms with Gasteiger partial charge in [-0.2, -0.15) is 11.8 Å². The molecule has 0 aliphatic heterocycles. The lowest BCUT2D eigenvalue weighted by atomic mass is 10.2. The molecule has 0 saturated heterocycles. The first-order valence-corrected chi connectivity index (χ1v) is 6.74. The standard InChI is InChI=1S/C7H15NO3SSi/c1-5(9)8-6(3-4-12-2)7(10)13-11/h6,11H,3-4,13H2,1-2H3,(H,8,9)/t6-/m0/s1. The Morgan fingerprint density at radius 1 is 1.62 bits per heavy atom. The minimum absolute atomic E-state index is 0.191. The van der Waals surface area contributed by atoms with Crippen LogP contribution in [0.2, 0.25) is 0 Å². The second-order valence-corrected chi connectivity index (χ2v) is 4.66. The first-order valence-electron chi connectivity index (χ1n) is 4.01. The fourth-order valence-corrected chi connectivity index (χ4v) is 1.90. The fourth-order valence-electron chi connectivity index (χ4n) is 0.905. The Labute approximate surface area is 84.4 Å². The monoisotopic (exact) mass is 221 g/mol. The fraction of sp³-hybridized carbons (Fsp3) is 0.714. The van der Waals surface area contributed by atoms with Crippen LogP contribution < -0.4 is 5.32 Å². The number of thioether (sulfide) groups is 1. The van der Waals surface area contributed by atoms with Gasteiger partial charge in [-0.15, -0.1) is 0 Å². The highest BCUT2D eigenvalue weighted by Crippen LogP contribution is 2.01. The summed E-state index contributed by atoms with van der Waals surface area (Å²) in [5, 5.41) is 2.35. The van der Waals surface area contributed by atoms with E-state index in [9.17, 15) is 9.59 Å². The largest absolute Gasteiger partial charge is 0.430 e. The molecule has 0 saturated carbocycles. The third-order valence-electron chi connectivity index (χ3n) is 1.53. The number of hydrogen-bond donors (Lipinski definition) is 2. The molecule has 0 unspecified atom stereocenters. The van der Waals surface area contributed by atoms with Crippen molar-refractivity contribution in [3.05, 3.63) is 0 Å². The SMILES string of the molecule is CSCC[C@H](NC(C)=O)C(=O)[SiH2]O. The van der Waals surface area contributed by atoms with E-state index >= 15 is 0 Å². The summed E-state index contributed by atoms with van der Waals surface area (Å²) < 4.78 is 0. The normalized spacial score (nSPS) is 13.2. The molecule has 6 heteroatoms. The van der Waals surface area contributed by atoms with E-state index in [1.165, 1.54) is 6.92 Å². The van der Waals surface area contributed by atoms with E-state index in [-0.39, 0.29) is 11.3 Å². The molecule has 0 rings (SSSR count). The molecule has 76 valence electrons. The van der Waals surface area contributed by atoms with E-state index in [1.54, 1.807) is 11.8 Å². The molecular weight excluding hydrogens is 206 g/mol. The van der Waals surface area contributed by atoms with Gasteiger partial charge in [0.1, 0.15) is 0 Å². The van der Waals surface area contributed by atoms with Gasteiger partial charge in [-0.3, -0.25) is 4.79 Å². The van der Waals surface area contributed by atoms with Crippen molar-refractivity contribution >= 4 is 32.8 Å². The summed E-state index contributed by atoms with van der Waals surface area (Å²) in [4.78, 5) is 30.6. The maximum atomic E-state index is 11.1. The molecule has 0 aliphatic rings. The van der Waals surface area contributed by atoms with E-state index in [0.29, 0.717) is 6.42 Å². The smallest absolute Gasteiger partial charge is 0.232 e. The summed E-state index contributed by atoms with van der Waals surface area (Å²) in [5.74, 6) is 0.590. The molecule has 0 aromatic carbocycles. The van der Waals surface area contributed by atoms with Gasteiger partial charge >= 0.3 is 0 Å². The van der Waals surface area contributed by atoms with Crippen LogP contribution >= 0.6 is 11.8 Å². The van der Waals surface area contributed by atoms with Gasteiger partial charge in [-0.25, -0.2) is 0 Å². The highest BCUT2D eigenvalue weighted by Gasteiger charge is 2.17. The van der Waals surface area contributed by atoms with Crippen molar-refractivity contribution in [1.29, 1.82) is 0 Å². The Bertz CT molecular complexity index is 189. The van der Waals surface area contributed by atoms with Crippen LogP contribution in [0.15, 0.2) is 0 Å². The highest BCUT2D eigenvalue weighted by atomic mass is 32.2. The van der Waals surface area contributed by atoms with E-state index in [1.807, 2.05) is 6.26 Å². The zero-order valence-electron chi connectivity index (χ0n) is 7.87. The summed E-state index contributed by atoms with van der Waals surface area (Å²) in [7, 11) is -1.64. The minimum atomic E-state index is -1.64. The molecule has 1 atom stereocenters. The lowest BCUT2D eigenvalue weighted by Gasteiger charge is -2.14. The molecule has 0 heterocycles. The quantitative estimate of drug-likeness (QED) is 0.556. The van der Waals surface area contributed by atoms with E-state index in [4.69, 9.17) is 4.80 Å². The van der Waals surface area contributed by atoms with Gasteiger partial charge in [0, 0.05) is 6.92 Å². The van der Waals surface area contributed by atoms with Gasteiger partial charge in [0.15, 0.2) is 5.41 Å². The Balaban J connectivity index is 4.02. The summed E-state index contributed by atoms with van der Waals surface area (Å²) in [5.41, 5.74) is 0. The average molecular weight is 221 g/mol. The van der Waals surface area contributed by atoms with Crippen molar-refractivity contribution < 1.29 is 14.4 Å². The van der Waals surface area contributed by atoms with Crippen molar-refractivity contribution in [2.45, 2.75) is 19.4 Å².